The van der Waals surface area contributed by atoms with E-state index in [0.29, 0.717) is 0 Å². The highest BCUT2D eigenvalue weighted by molar-refractivity contribution is 8.00. The number of rotatable bonds is 6. The second-order valence-corrected chi connectivity index (χ2v) is 5.74. The third kappa shape index (κ3) is 3.92. The third-order valence-electron chi connectivity index (χ3n) is 2.12. The summed E-state index contributed by atoms with van der Waals surface area (Å²) in [5.74, 6) is 2.45. The molecule has 2 rings (SSSR count). The quantitative estimate of drug-likeness (QED) is 0.821. The molecule has 0 aliphatic heterocycles. The molecule has 0 aliphatic rings. The first-order valence-corrected chi connectivity index (χ1v) is 7.51. The Balaban J connectivity index is 2.00. The van der Waals surface area contributed by atoms with Crippen molar-refractivity contribution in [2.45, 2.75) is 30.4 Å². The molecule has 7 heteroatoms. The van der Waals surface area contributed by atoms with Crippen LogP contribution in [0.4, 0.5) is 5.82 Å². The predicted molar refractivity (Wildman–Crippen MR) is 75.0 cm³/mol. The summed E-state index contributed by atoms with van der Waals surface area (Å²) in [4.78, 5) is 13.0. The Morgan fingerprint density at radius 3 is 3.00 bits per heavy atom. The summed E-state index contributed by atoms with van der Waals surface area (Å²) in [6.45, 7) is 5.05. The summed E-state index contributed by atoms with van der Waals surface area (Å²) in [5.41, 5.74) is 0.983. The van der Waals surface area contributed by atoms with E-state index in [2.05, 4.69) is 31.6 Å². The van der Waals surface area contributed by atoms with Gasteiger partial charge in [0.25, 0.3) is 0 Å². The van der Waals surface area contributed by atoms with Crippen LogP contribution in [-0.4, -0.2) is 25.9 Å². The van der Waals surface area contributed by atoms with Crippen LogP contribution < -0.4 is 5.32 Å². The van der Waals surface area contributed by atoms with Crippen LogP contribution in [0.2, 0.25) is 0 Å². The molecule has 0 saturated heterocycles. The first-order chi connectivity index (χ1) is 8.78. The molecule has 0 amide bonds. The molecule has 0 aromatic carbocycles. The van der Waals surface area contributed by atoms with Gasteiger partial charge in [0, 0.05) is 18.3 Å². The minimum atomic E-state index is 0.720. The average molecular weight is 281 g/mol. The van der Waals surface area contributed by atoms with Crippen LogP contribution in [-0.2, 0) is 5.75 Å². The third-order valence-corrected chi connectivity index (χ3v) is 3.92. The van der Waals surface area contributed by atoms with Gasteiger partial charge in [0.05, 0.1) is 5.75 Å². The van der Waals surface area contributed by atoms with E-state index in [4.69, 9.17) is 0 Å². The van der Waals surface area contributed by atoms with E-state index in [1.54, 1.807) is 18.1 Å². The Bertz CT molecular complexity index is 486. The number of nitrogens with zero attached hydrogens (tertiary/aromatic N) is 4. The van der Waals surface area contributed by atoms with Crippen LogP contribution in [0.5, 0.6) is 0 Å². The molecule has 0 aliphatic carbocycles. The van der Waals surface area contributed by atoms with Crippen LogP contribution in [0.25, 0.3) is 0 Å². The highest BCUT2D eigenvalue weighted by Gasteiger charge is 2.04. The number of aromatic nitrogens is 4. The number of thioether (sulfide) groups is 1. The molecule has 2 aromatic heterocycles. The van der Waals surface area contributed by atoms with E-state index in [1.807, 2.05) is 13.0 Å². The van der Waals surface area contributed by atoms with Crippen LogP contribution >= 0.6 is 23.3 Å². The molecule has 0 bridgehead atoms. The fourth-order valence-corrected chi connectivity index (χ4v) is 2.69. The Morgan fingerprint density at radius 2 is 2.28 bits per heavy atom. The van der Waals surface area contributed by atoms with Gasteiger partial charge in [0.1, 0.15) is 18.0 Å². The fraction of sp³-hybridized carbons (Fsp3) is 0.455. The number of nitrogens with one attached hydrogen (secondary N) is 1. The van der Waals surface area contributed by atoms with Gasteiger partial charge in [-0.15, -0.1) is 0 Å². The van der Waals surface area contributed by atoms with Crippen molar-refractivity contribution in [2.75, 3.05) is 11.9 Å². The van der Waals surface area contributed by atoms with Crippen molar-refractivity contribution in [3.63, 3.8) is 0 Å². The molecular weight excluding hydrogens is 266 g/mol. The van der Waals surface area contributed by atoms with Gasteiger partial charge in [0.2, 0.25) is 0 Å². The summed E-state index contributed by atoms with van der Waals surface area (Å²) in [5, 5.41) is 3.28. The topological polar surface area (TPSA) is 63.6 Å². The van der Waals surface area contributed by atoms with Crippen molar-refractivity contribution < 1.29 is 0 Å². The zero-order valence-corrected chi connectivity index (χ0v) is 12.0. The van der Waals surface area contributed by atoms with Crippen molar-refractivity contribution >= 4 is 29.1 Å². The van der Waals surface area contributed by atoms with E-state index in [-0.39, 0.29) is 0 Å². The molecule has 0 atom stereocenters. The van der Waals surface area contributed by atoms with Gasteiger partial charge in [-0.2, -0.15) is 4.37 Å². The van der Waals surface area contributed by atoms with Crippen LogP contribution in [0.15, 0.2) is 16.7 Å². The number of hydrogen-bond donors (Lipinski definition) is 1. The van der Waals surface area contributed by atoms with E-state index < -0.39 is 0 Å². The maximum absolute atomic E-state index is 4.48. The van der Waals surface area contributed by atoms with Crippen molar-refractivity contribution in [3.8, 4) is 0 Å². The maximum Gasteiger partial charge on any atom is 0.170 e. The predicted octanol–water partition coefficient (Wildman–Crippen LogP) is 2.75. The van der Waals surface area contributed by atoms with Gasteiger partial charge < -0.3 is 5.32 Å². The second-order valence-electron chi connectivity index (χ2n) is 3.73. The minimum Gasteiger partial charge on any atom is -0.370 e. The SMILES string of the molecule is CCCNc1cc(C)nc(CSc2ncns2)n1. The lowest BCUT2D eigenvalue weighted by molar-refractivity contribution is 0.940. The summed E-state index contributed by atoms with van der Waals surface area (Å²) < 4.78 is 4.91. The standard InChI is InChI=1S/C11H15N5S2/c1-3-4-12-9-5-8(2)15-10(16-9)6-17-11-13-7-14-18-11/h5,7H,3-4,6H2,1-2H3,(H,12,15,16). The van der Waals surface area contributed by atoms with Crippen molar-refractivity contribution in [2.24, 2.45) is 0 Å². The van der Waals surface area contributed by atoms with Crippen molar-refractivity contribution in [3.05, 3.63) is 23.9 Å². The zero-order chi connectivity index (χ0) is 12.8. The lowest BCUT2D eigenvalue weighted by Gasteiger charge is -2.06. The van der Waals surface area contributed by atoms with Crippen LogP contribution in [0, 0.1) is 6.92 Å². The molecule has 18 heavy (non-hydrogen) atoms. The number of anilines is 1. The van der Waals surface area contributed by atoms with Crippen molar-refractivity contribution in [1.82, 2.24) is 19.3 Å². The first kappa shape index (κ1) is 13.2. The van der Waals surface area contributed by atoms with E-state index in [9.17, 15) is 0 Å². The molecule has 5 nitrogen and oxygen atoms in total. The highest BCUT2D eigenvalue weighted by atomic mass is 32.2. The van der Waals surface area contributed by atoms with Crippen molar-refractivity contribution in [1.29, 1.82) is 0 Å². The molecule has 96 valence electrons. The second kappa shape index (κ2) is 6.65. The Labute approximate surface area is 115 Å². The Kier molecular flexibility index (Phi) is 4.89. The molecule has 2 aromatic rings. The zero-order valence-electron chi connectivity index (χ0n) is 10.4. The summed E-state index contributed by atoms with van der Waals surface area (Å²) in [6.07, 6.45) is 2.65. The van der Waals surface area contributed by atoms with Gasteiger partial charge in [-0.25, -0.2) is 15.0 Å². The molecular formula is C11H15N5S2. The smallest absolute Gasteiger partial charge is 0.170 e. The van der Waals surface area contributed by atoms with Crippen LogP contribution in [0.1, 0.15) is 24.9 Å². The van der Waals surface area contributed by atoms with Gasteiger partial charge in [-0.3, -0.25) is 0 Å². The van der Waals surface area contributed by atoms with E-state index in [1.165, 1.54) is 11.5 Å². The number of hydrogen-bond acceptors (Lipinski definition) is 7. The van der Waals surface area contributed by atoms with Gasteiger partial charge in [-0.05, 0) is 24.9 Å². The van der Waals surface area contributed by atoms with Gasteiger partial charge >= 0.3 is 0 Å². The normalized spacial score (nSPS) is 10.6. The fourth-order valence-electron chi connectivity index (χ4n) is 1.39. The lowest BCUT2D eigenvalue weighted by Crippen LogP contribution is -2.05. The molecule has 0 unspecified atom stereocenters. The van der Waals surface area contributed by atoms with E-state index >= 15 is 0 Å². The average Bonchev–Trinajstić information content (AvgIpc) is 2.86. The monoisotopic (exact) mass is 281 g/mol. The van der Waals surface area contributed by atoms with Gasteiger partial charge in [-0.1, -0.05) is 18.7 Å². The largest absolute Gasteiger partial charge is 0.370 e. The molecule has 0 saturated carbocycles. The summed E-state index contributed by atoms with van der Waals surface area (Å²) in [7, 11) is 0. The lowest BCUT2D eigenvalue weighted by atomic mass is 10.4. The first-order valence-electron chi connectivity index (χ1n) is 5.76. The Morgan fingerprint density at radius 1 is 1.39 bits per heavy atom. The minimum absolute atomic E-state index is 0.720. The number of aryl methyl sites for hydroxylation is 1. The summed E-state index contributed by atoms with van der Waals surface area (Å²) in [6, 6.07) is 1.97. The molecule has 0 fully saturated rings. The summed E-state index contributed by atoms with van der Waals surface area (Å²) >= 11 is 3.01. The highest BCUT2D eigenvalue weighted by Crippen LogP contribution is 2.22. The van der Waals surface area contributed by atoms with E-state index in [0.717, 1.165) is 40.4 Å². The maximum atomic E-state index is 4.48. The molecule has 0 radical (unpaired) electrons. The molecule has 0 spiro atoms. The molecule has 2 heterocycles. The Hall–Kier alpha value is -1.21. The van der Waals surface area contributed by atoms with Crippen LogP contribution in [0.3, 0.4) is 0 Å². The van der Waals surface area contributed by atoms with Gasteiger partial charge in [0.15, 0.2) is 4.34 Å². The molecule has 1 N–H and O–H groups in total.